The molecule has 0 spiro atoms. The lowest BCUT2D eigenvalue weighted by Crippen LogP contribution is -2.23. The van der Waals surface area contributed by atoms with E-state index in [1.165, 1.54) is 29.6 Å². The van der Waals surface area contributed by atoms with Crippen molar-refractivity contribution in [3.63, 3.8) is 0 Å². The summed E-state index contributed by atoms with van der Waals surface area (Å²) in [5.41, 5.74) is 4.42. The molecule has 1 nitrogen and oxygen atoms in total. The average molecular weight is 253 g/mol. The summed E-state index contributed by atoms with van der Waals surface area (Å²) in [6.07, 6.45) is 19.6. The summed E-state index contributed by atoms with van der Waals surface area (Å²) in [7, 11) is 0. The standard InChI is InChI=1S/C18H23N/c1-14(18-10-5-13-19-18)11-12-16-8-4-7-15-6-2-3-9-17(15)16/h2-4,6,8-9,15,18-19H,1,5,7,10-13H2. The zero-order chi connectivity index (χ0) is 13.1. The lowest BCUT2D eigenvalue weighted by molar-refractivity contribution is 0.655. The van der Waals surface area contributed by atoms with Gasteiger partial charge in [0.1, 0.15) is 0 Å². The first-order chi connectivity index (χ1) is 9.34. The smallest absolute Gasteiger partial charge is 0.0277 e. The van der Waals surface area contributed by atoms with Gasteiger partial charge in [0.25, 0.3) is 0 Å². The molecule has 1 N–H and O–H groups in total. The predicted octanol–water partition coefficient (Wildman–Crippen LogP) is 4.07. The summed E-state index contributed by atoms with van der Waals surface area (Å²) in [6.45, 7) is 5.44. The molecular weight excluding hydrogens is 230 g/mol. The molecule has 1 heterocycles. The maximum Gasteiger partial charge on any atom is 0.0277 e. The highest BCUT2D eigenvalue weighted by Gasteiger charge is 2.19. The number of hydrogen-bond acceptors (Lipinski definition) is 1. The second kappa shape index (κ2) is 5.75. The normalized spacial score (nSPS) is 28.8. The zero-order valence-corrected chi connectivity index (χ0v) is 11.6. The van der Waals surface area contributed by atoms with Crippen LogP contribution in [-0.4, -0.2) is 12.6 Å². The molecule has 0 bridgehead atoms. The third-order valence-corrected chi connectivity index (χ3v) is 4.48. The van der Waals surface area contributed by atoms with Crippen LogP contribution in [0, 0.1) is 5.92 Å². The Hall–Kier alpha value is -1.34. The molecule has 0 aromatic rings. The number of hydrogen-bond donors (Lipinski definition) is 1. The minimum absolute atomic E-state index is 0.566. The second-order valence-corrected chi connectivity index (χ2v) is 5.78. The maximum absolute atomic E-state index is 4.28. The van der Waals surface area contributed by atoms with Crippen LogP contribution >= 0.6 is 0 Å². The maximum atomic E-state index is 4.28. The summed E-state index contributed by atoms with van der Waals surface area (Å²) in [4.78, 5) is 0. The van der Waals surface area contributed by atoms with E-state index in [4.69, 9.17) is 0 Å². The number of fused-ring (bicyclic) bond motifs is 1. The van der Waals surface area contributed by atoms with Crippen LogP contribution in [0.2, 0.25) is 0 Å². The first-order valence-electron chi connectivity index (χ1n) is 7.50. The van der Waals surface area contributed by atoms with Gasteiger partial charge in [-0.15, -0.1) is 0 Å². The molecule has 1 saturated heterocycles. The summed E-state index contributed by atoms with van der Waals surface area (Å²) in [5, 5.41) is 3.54. The molecule has 1 heteroatoms. The molecule has 2 atom stereocenters. The Kier molecular flexibility index (Phi) is 3.84. The van der Waals surface area contributed by atoms with E-state index in [1.807, 2.05) is 0 Å². The summed E-state index contributed by atoms with van der Waals surface area (Å²) < 4.78 is 0. The Morgan fingerprint density at radius 3 is 3.11 bits per heavy atom. The molecule has 0 saturated carbocycles. The highest BCUT2D eigenvalue weighted by Crippen LogP contribution is 2.33. The van der Waals surface area contributed by atoms with Crippen LogP contribution in [-0.2, 0) is 0 Å². The fraction of sp³-hybridized carbons (Fsp3) is 0.444. The Bertz CT molecular complexity index is 470. The second-order valence-electron chi connectivity index (χ2n) is 5.78. The summed E-state index contributed by atoms with van der Waals surface area (Å²) in [5.74, 6) is 0.614. The fourth-order valence-electron chi connectivity index (χ4n) is 3.32. The van der Waals surface area contributed by atoms with Gasteiger partial charge in [-0.05, 0) is 49.8 Å². The monoisotopic (exact) mass is 253 g/mol. The van der Waals surface area contributed by atoms with Crippen LogP contribution in [0.4, 0.5) is 0 Å². The third kappa shape index (κ3) is 2.82. The van der Waals surface area contributed by atoms with Crippen molar-refractivity contribution in [1.82, 2.24) is 5.32 Å². The van der Waals surface area contributed by atoms with E-state index in [2.05, 4.69) is 48.4 Å². The van der Waals surface area contributed by atoms with Crippen LogP contribution in [0.1, 0.15) is 32.1 Å². The first kappa shape index (κ1) is 12.7. The van der Waals surface area contributed by atoms with E-state index in [0.29, 0.717) is 12.0 Å². The molecule has 3 rings (SSSR count). The van der Waals surface area contributed by atoms with E-state index >= 15 is 0 Å². The van der Waals surface area contributed by atoms with Crippen LogP contribution in [0.3, 0.4) is 0 Å². The van der Waals surface area contributed by atoms with Crippen LogP contribution in [0.25, 0.3) is 0 Å². The quantitative estimate of drug-likeness (QED) is 0.745. The third-order valence-electron chi connectivity index (χ3n) is 4.48. The SMILES string of the molecule is C=C(CCC1=C2C=CC=CC2CC=C1)C1CCCN1. The van der Waals surface area contributed by atoms with Gasteiger partial charge in [0.15, 0.2) is 0 Å². The number of rotatable bonds is 4. The highest BCUT2D eigenvalue weighted by atomic mass is 14.9. The van der Waals surface area contributed by atoms with Gasteiger partial charge < -0.3 is 5.32 Å². The molecule has 0 amide bonds. The molecule has 0 aromatic heterocycles. The van der Waals surface area contributed by atoms with Crippen LogP contribution < -0.4 is 5.32 Å². The lowest BCUT2D eigenvalue weighted by atomic mass is 9.82. The Labute approximate surface area is 116 Å². The van der Waals surface area contributed by atoms with E-state index < -0.39 is 0 Å². The largest absolute Gasteiger partial charge is 0.310 e. The average Bonchev–Trinajstić information content (AvgIpc) is 2.99. The molecule has 1 fully saturated rings. The van der Waals surface area contributed by atoms with Gasteiger partial charge in [0.2, 0.25) is 0 Å². The Morgan fingerprint density at radius 1 is 1.32 bits per heavy atom. The minimum Gasteiger partial charge on any atom is -0.310 e. The highest BCUT2D eigenvalue weighted by molar-refractivity contribution is 5.44. The molecule has 2 aliphatic carbocycles. The van der Waals surface area contributed by atoms with E-state index in [-0.39, 0.29) is 0 Å². The van der Waals surface area contributed by atoms with E-state index in [0.717, 1.165) is 25.8 Å². The summed E-state index contributed by atoms with van der Waals surface area (Å²) >= 11 is 0. The molecule has 3 aliphatic rings. The number of nitrogens with one attached hydrogen (secondary N) is 1. The topological polar surface area (TPSA) is 12.0 Å². The molecule has 0 aromatic carbocycles. The Balaban J connectivity index is 1.64. The van der Waals surface area contributed by atoms with Crippen molar-refractivity contribution in [3.05, 3.63) is 59.8 Å². The van der Waals surface area contributed by atoms with E-state index in [9.17, 15) is 0 Å². The van der Waals surface area contributed by atoms with Gasteiger partial charge in [-0.1, -0.05) is 48.6 Å². The number of allylic oxidation sites excluding steroid dienone is 8. The van der Waals surface area contributed by atoms with Crippen molar-refractivity contribution in [2.24, 2.45) is 5.92 Å². The predicted molar refractivity (Wildman–Crippen MR) is 82.0 cm³/mol. The minimum atomic E-state index is 0.566. The molecule has 0 radical (unpaired) electrons. The van der Waals surface area contributed by atoms with Crippen molar-refractivity contribution in [1.29, 1.82) is 0 Å². The molecule has 100 valence electrons. The van der Waals surface area contributed by atoms with Crippen LogP contribution in [0.5, 0.6) is 0 Å². The van der Waals surface area contributed by atoms with Gasteiger partial charge in [-0.2, -0.15) is 0 Å². The van der Waals surface area contributed by atoms with Gasteiger partial charge in [0, 0.05) is 12.0 Å². The zero-order valence-electron chi connectivity index (χ0n) is 11.6. The summed E-state index contributed by atoms with van der Waals surface area (Å²) in [6, 6.07) is 0.566. The molecule has 2 unspecified atom stereocenters. The van der Waals surface area contributed by atoms with Gasteiger partial charge >= 0.3 is 0 Å². The van der Waals surface area contributed by atoms with Crippen LogP contribution in [0.15, 0.2) is 59.8 Å². The van der Waals surface area contributed by atoms with Crippen molar-refractivity contribution >= 4 is 0 Å². The van der Waals surface area contributed by atoms with Crippen molar-refractivity contribution < 1.29 is 0 Å². The fourth-order valence-corrected chi connectivity index (χ4v) is 3.32. The van der Waals surface area contributed by atoms with E-state index in [1.54, 1.807) is 0 Å². The van der Waals surface area contributed by atoms with Gasteiger partial charge in [-0.3, -0.25) is 0 Å². The molecular formula is C18H23N. The lowest BCUT2D eigenvalue weighted by Gasteiger charge is -2.23. The van der Waals surface area contributed by atoms with Crippen molar-refractivity contribution in [2.75, 3.05) is 6.54 Å². The van der Waals surface area contributed by atoms with Gasteiger partial charge in [0.05, 0.1) is 0 Å². The van der Waals surface area contributed by atoms with Crippen molar-refractivity contribution in [3.8, 4) is 0 Å². The molecule has 19 heavy (non-hydrogen) atoms. The van der Waals surface area contributed by atoms with Crippen molar-refractivity contribution in [2.45, 2.75) is 38.1 Å². The molecule has 1 aliphatic heterocycles. The first-order valence-corrected chi connectivity index (χ1v) is 7.50. The Morgan fingerprint density at radius 2 is 2.26 bits per heavy atom. The van der Waals surface area contributed by atoms with Gasteiger partial charge in [-0.25, -0.2) is 0 Å².